The van der Waals surface area contributed by atoms with Crippen molar-refractivity contribution in [3.8, 4) is 0 Å². The van der Waals surface area contributed by atoms with Gasteiger partial charge < -0.3 is 13.4 Å². The molecule has 0 aliphatic heterocycles. The summed E-state index contributed by atoms with van der Waals surface area (Å²) in [5.41, 5.74) is 4.80. The fourth-order valence-corrected chi connectivity index (χ4v) is 10.4. The number of carbonyl (C=O) groups is 2. The first-order valence-corrected chi connectivity index (χ1v) is 16.8. The van der Waals surface area contributed by atoms with Crippen LogP contribution in [-0.2, 0) is 13.4 Å². The number of rotatable bonds is 12. The third-order valence-corrected chi connectivity index (χ3v) is 12.2. The number of hydrogen-bond donors (Lipinski definition) is 0. The number of benzene rings is 2. The Hall–Kier alpha value is -1.85. The number of carbonyl (C=O) groups excluding carboxylic acids is 2. The van der Waals surface area contributed by atoms with Crippen molar-refractivity contribution in [3.05, 3.63) is 68.8 Å². The third kappa shape index (κ3) is 6.68. The Bertz CT molecular complexity index is 1030. The van der Waals surface area contributed by atoms with Crippen molar-refractivity contribution in [1.82, 2.24) is 0 Å². The van der Waals surface area contributed by atoms with Crippen molar-refractivity contribution in [2.75, 3.05) is 19.4 Å². The lowest BCUT2D eigenvalue weighted by atomic mass is 10.0. The predicted octanol–water partition coefficient (Wildman–Crippen LogP) is 7.42. The standard InChI is InChI=1S/C28H41O5PSi/c1-10-32-35(9,33-11-2)14-12-13-34(31,27(29)25-21(5)15-19(3)16-22(25)6)28(30)26-23(7)17-20(4)18-24(26)8/h15-18H,10-14H2,1-9H3. The molecule has 0 amide bonds. The molecular weight excluding hydrogens is 475 g/mol. The van der Waals surface area contributed by atoms with Gasteiger partial charge in [-0.05, 0) is 96.7 Å². The van der Waals surface area contributed by atoms with E-state index in [1.54, 1.807) is 0 Å². The van der Waals surface area contributed by atoms with E-state index in [0.29, 0.717) is 36.8 Å². The van der Waals surface area contributed by atoms with Gasteiger partial charge in [0.15, 0.2) is 0 Å². The average Bonchev–Trinajstić information content (AvgIpc) is 2.72. The van der Waals surface area contributed by atoms with E-state index in [1.165, 1.54) is 0 Å². The van der Waals surface area contributed by atoms with Gasteiger partial charge in [-0.25, -0.2) is 0 Å². The van der Waals surface area contributed by atoms with E-state index in [9.17, 15) is 14.2 Å². The van der Waals surface area contributed by atoms with E-state index in [4.69, 9.17) is 8.85 Å². The molecule has 0 N–H and O–H groups in total. The summed E-state index contributed by atoms with van der Waals surface area (Å²) in [6.07, 6.45) is 0.429. The Labute approximate surface area is 212 Å². The Morgan fingerprint density at radius 2 is 1.09 bits per heavy atom. The van der Waals surface area contributed by atoms with Gasteiger partial charge >= 0.3 is 8.56 Å². The molecule has 0 aliphatic rings. The molecule has 2 rings (SSSR count). The van der Waals surface area contributed by atoms with Crippen LogP contribution in [0.1, 0.15) is 74.4 Å². The van der Waals surface area contributed by atoms with Crippen LogP contribution in [0.15, 0.2) is 24.3 Å². The van der Waals surface area contributed by atoms with Crippen LogP contribution in [0.3, 0.4) is 0 Å². The van der Waals surface area contributed by atoms with Crippen LogP contribution in [0.25, 0.3) is 0 Å². The monoisotopic (exact) mass is 516 g/mol. The molecule has 0 heterocycles. The zero-order valence-corrected chi connectivity index (χ0v) is 24.7. The highest BCUT2D eigenvalue weighted by Gasteiger charge is 2.43. The minimum atomic E-state index is -3.97. The van der Waals surface area contributed by atoms with Gasteiger partial charge in [0.05, 0.1) is 0 Å². The molecule has 5 nitrogen and oxygen atoms in total. The van der Waals surface area contributed by atoms with Crippen molar-refractivity contribution in [2.24, 2.45) is 0 Å². The summed E-state index contributed by atoms with van der Waals surface area (Å²) >= 11 is 0. The number of hydrogen-bond acceptors (Lipinski definition) is 5. The van der Waals surface area contributed by atoms with Gasteiger partial charge in [0, 0.05) is 30.5 Å². The van der Waals surface area contributed by atoms with E-state index in [-0.39, 0.29) is 6.16 Å². The topological polar surface area (TPSA) is 69.7 Å². The molecule has 2 aromatic carbocycles. The molecule has 0 spiro atoms. The summed E-state index contributed by atoms with van der Waals surface area (Å²) in [5.74, 6) is 0. The Morgan fingerprint density at radius 1 is 0.743 bits per heavy atom. The molecule has 0 aliphatic carbocycles. The first-order valence-electron chi connectivity index (χ1n) is 12.4. The summed E-state index contributed by atoms with van der Waals surface area (Å²) in [6.45, 7) is 18.2. The van der Waals surface area contributed by atoms with Gasteiger partial charge in [-0.3, -0.25) is 9.59 Å². The fourth-order valence-electron chi connectivity index (χ4n) is 5.11. The molecule has 0 atom stereocenters. The molecule has 0 bridgehead atoms. The molecule has 0 fully saturated rings. The first kappa shape index (κ1) is 29.4. The molecule has 0 radical (unpaired) electrons. The van der Waals surface area contributed by atoms with Crippen LogP contribution in [0.4, 0.5) is 0 Å². The third-order valence-electron chi connectivity index (χ3n) is 6.44. The van der Waals surface area contributed by atoms with E-state index in [2.05, 4.69) is 0 Å². The molecule has 0 aromatic heterocycles. The predicted molar refractivity (Wildman–Crippen MR) is 147 cm³/mol. The van der Waals surface area contributed by atoms with Crippen molar-refractivity contribution in [1.29, 1.82) is 0 Å². The maximum Gasteiger partial charge on any atom is 0.334 e. The van der Waals surface area contributed by atoms with Crippen LogP contribution >= 0.6 is 7.14 Å². The van der Waals surface area contributed by atoms with E-state index in [0.717, 1.165) is 33.4 Å². The molecular formula is C28H41O5PSi. The van der Waals surface area contributed by atoms with Crippen LogP contribution in [0, 0.1) is 41.5 Å². The first-order chi connectivity index (χ1) is 16.3. The molecule has 0 unspecified atom stereocenters. The van der Waals surface area contributed by atoms with Gasteiger partial charge in [0.1, 0.15) is 0 Å². The second-order valence-corrected chi connectivity index (χ2v) is 15.8. The highest BCUT2D eigenvalue weighted by atomic mass is 31.2. The van der Waals surface area contributed by atoms with Crippen LogP contribution in [-0.4, -0.2) is 39.0 Å². The second-order valence-electron chi connectivity index (χ2n) is 9.72. The van der Waals surface area contributed by atoms with Gasteiger partial charge in [-0.1, -0.05) is 35.4 Å². The van der Waals surface area contributed by atoms with Crippen molar-refractivity contribution >= 4 is 26.8 Å². The minimum Gasteiger partial charge on any atom is -0.395 e. The second kappa shape index (κ2) is 11.9. The Kier molecular flexibility index (Phi) is 10.0. The summed E-state index contributed by atoms with van der Waals surface area (Å²) in [5, 5.41) is 0. The molecule has 192 valence electrons. The SMILES string of the molecule is CCO[Si](C)(CCCP(=O)(C(=O)c1c(C)cc(C)cc1C)C(=O)c1c(C)cc(C)cc1C)OCC. The largest absolute Gasteiger partial charge is 0.395 e. The van der Waals surface area contributed by atoms with Crippen LogP contribution < -0.4 is 0 Å². The lowest BCUT2D eigenvalue weighted by molar-refractivity contribution is 0.103. The van der Waals surface area contributed by atoms with Gasteiger partial charge in [0.2, 0.25) is 18.2 Å². The summed E-state index contributed by atoms with van der Waals surface area (Å²) in [4.78, 5) is 28.0. The lowest BCUT2D eigenvalue weighted by Crippen LogP contribution is -2.38. The van der Waals surface area contributed by atoms with E-state index >= 15 is 0 Å². The summed E-state index contributed by atoms with van der Waals surface area (Å²) < 4.78 is 26.5. The summed E-state index contributed by atoms with van der Waals surface area (Å²) in [7, 11) is -6.45. The van der Waals surface area contributed by atoms with Crippen molar-refractivity contribution in [2.45, 2.75) is 74.4 Å². The molecule has 0 saturated heterocycles. The minimum absolute atomic E-state index is 0.00686. The molecule has 0 saturated carbocycles. The Morgan fingerprint density at radius 3 is 1.40 bits per heavy atom. The normalized spacial score (nSPS) is 12.1. The highest BCUT2D eigenvalue weighted by molar-refractivity contribution is 7.95. The highest BCUT2D eigenvalue weighted by Crippen LogP contribution is 2.54. The summed E-state index contributed by atoms with van der Waals surface area (Å²) in [6, 6.07) is 8.20. The fraction of sp³-hybridized carbons (Fsp3) is 0.500. The molecule has 7 heteroatoms. The zero-order valence-electron chi connectivity index (χ0n) is 22.8. The van der Waals surface area contributed by atoms with Gasteiger partial charge in [0.25, 0.3) is 0 Å². The van der Waals surface area contributed by atoms with E-state index < -0.39 is 26.8 Å². The Balaban J connectivity index is 2.57. The van der Waals surface area contributed by atoms with Crippen LogP contribution in [0.2, 0.25) is 12.6 Å². The molecule has 2 aromatic rings. The lowest BCUT2D eigenvalue weighted by Gasteiger charge is -2.27. The molecule has 35 heavy (non-hydrogen) atoms. The smallest absolute Gasteiger partial charge is 0.334 e. The van der Waals surface area contributed by atoms with E-state index in [1.807, 2.05) is 86.2 Å². The van der Waals surface area contributed by atoms with Crippen molar-refractivity contribution < 1.29 is 23.0 Å². The van der Waals surface area contributed by atoms with Gasteiger partial charge in [-0.15, -0.1) is 0 Å². The van der Waals surface area contributed by atoms with Crippen LogP contribution in [0.5, 0.6) is 0 Å². The zero-order chi connectivity index (χ0) is 26.6. The number of aryl methyl sites for hydroxylation is 6. The maximum absolute atomic E-state index is 14.6. The van der Waals surface area contributed by atoms with Crippen molar-refractivity contribution in [3.63, 3.8) is 0 Å². The van der Waals surface area contributed by atoms with Gasteiger partial charge in [-0.2, -0.15) is 0 Å². The quantitative estimate of drug-likeness (QED) is 0.217. The average molecular weight is 517 g/mol. The maximum atomic E-state index is 14.6.